The van der Waals surface area contributed by atoms with E-state index < -0.39 is 23.3 Å². The fraction of sp³-hybridized carbons (Fsp3) is 0.625. The average molecular weight is 299 g/mol. The lowest BCUT2D eigenvalue weighted by atomic mass is 9.76. The predicted molar refractivity (Wildman–Crippen MR) is 76.8 cm³/mol. The number of aliphatic hydroxyl groups is 2. The maximum atomic E-state index is 13.6. The van der Waals surface area contributed by atoms with Crippen LogP contribution in [0.4, 0.5) is 8.78 Å². The van der Waals surface area contributed by atoms with E-state index in [4.69, 9.17) is 0 Å². The maximum Gasteiger partial charge on any atom is 0.129 e. The Morgan fingerprint density at radius 1 is 1.43 bits per heavy atom. The first kappa shape index (κ1) is 16.3. The fourth-order valence-electron chi connectivity index (χ4n) is 3.21. The number of hydrogen-bond donors (Lipinski definition) is 3. The lowest BCUT2D eigenvalue weighted by Crippen LogP contribution is -2.52. The van der Waals surface area contributed by atoms with E-state index in [9.17, 15) is 19.0 Å². The van der Waals surface area contributed by atoms with Gasteiger partial charge in [0.25, 0.3) is 0 Å². The summed E-state index contributed by atoms with van der Waals surface area (Å²) in [7, 11) is 0. The molecule has 2 rings (SSSR count). The molecule has 0 saturated heterocycles. The van der Waals surface area contributed by atoms with Crippen LogP contribution in [0.3, 0.4) is 0 Å². The van der Waals surface area contributed by atoms with Gasteiger partial charge in [-0.2, -0.15) is 0 Å². The molecule has 0 spiro atoms. The van der Waals surface area contributed by atoms with Crippen LogP contribution in [0.2, 0.25) is 0 Å². The first-order valence-corrected chi connectivity index (χ1v) is 7.45. The Balaban J connectivity index is 2.02. The second-order valence-corrected chi connectivity index (χ2v) is 6.20. The van der Waals surface area contributed by atoms with Crippen LogP contribution in [0.25, 0.3) is 0 Å². The smallest absolute Gasteiger partial charge is 0.129 e. The van der Waals surface area contributed by atoms with Crippen molar-refractivity contribution in [3.8, 4) is 0 Å². The summed E-state index contributed by atoms with van der Waals surface area (Å²) >= 11 is 0. The molecule has 118 valence electrons. The summed E-state index contributed by atoms with van der Waals surface area (Å²) < 4.78 is 26.8. The van der Waals surface area contributed by atoms with Crippen LogP contribution in [0.15, 0.2) is 18.2 Å². The highest BCUT2D eigenvalue weighted by Crippen LogP contribution is 2.32. The molecule has 3 unspecified atom stereocenters. The second-order valence-electron chi connectivity index (χ2n) is 6.20. The minimum Gasteiger partial charge on any atom is -0.394 e. The first-order valence-electron chi connectivity index (χ1n) is 7.45. The van der Waals surface area contributed by atoms with Crippen molar-refractivity contribution < 1.29 is 19.0 Å². The van der Waals surface area contributed by atoms with Gasteiger partial charge < -0.3 is 15.5 Å². The predicted octanol–water partition coefficient (Wildman–Crippen LogP) is 2.53. The molecule has 0 heterocycles. The third-order valence-corrected chi connectivity index (χ3v) is 4.38. The lowest BCUT2D eigenvalue weighted by Gasteiger charge is -2.40. The van der Waals surface area contributed by atoms with Crippen molar-refractivity contribution in [3.63, 3.8) is 0 Å². The van der Waals surface area contributed by atoms with Gasteiger partial charge in [0.05, 0.1) is 12.7 Å². The molecular formula is C16H23F2NO2. The number of β-amino-alcohol motifs (C(OH)–C–C–N with tert-alkyl or cyclic N) is 1. The van der Waals surface area contributed by atoms with Crippen LogP contribution >= 0.6 is 0 Å². The van der Waals surface area contributed by atoms with Crippen molar-refractivity contribution in [2.24, 2.45) is 5.92 Å². The molecular weight excluding hydrogens is 276 g/mol. The summed E-state index contributed by atoms with van der Waals surface area (Å²) in [5.41, 5.74) is -0.484. The highest BCUT2D eigenvalue weighted by atomic mass is 19.1. The van der Waals surface area contributed by atoms with E-state index in [0.29, 0.717) is 5.92 Å². The molecule has 1 aromatic rings. The number of rotatable bonds is 5. The first-order chi connectivity index (χ1) is 9.96. The standard InChI is InChI=1S/C16H23F2NO2/c1-11-3-2-6-16(8-11,10-20)19-9-15(21)13-7-12(17)4-5-14(13)18/h4-5,7,11,15,19-21H,2-3,6,8-10H2,1H3. The van der Waals surface area contributed by atoms with Crippen molar-refractivity contribution in [2.45, 2.75) is 44.2 Å². The van der Waals surface area contributed by atoms with Crippen LogP contribution in [0.1, 0.15) is 44.3 Å². The third kappa shape index (κ3) is 3.99. The summed E-state index contributed by atoms with van der Waals surface area (Å²) in [6.45, 7) is 2.21. The van der Waals surface area contributed by atoms with Crippen LogP contribution in [-0.2, 0) is 0 Å². The second kappa shape index (κ2) is 6.81. The lowest BCUT2D eigenvalue weighted by molar-refractivity contribution is 0.0780. The Morgan fingerprint density at radius 3 is 2.86 bits per heavy atom. The summed E-state index contributed by atoms with van der Waals surface area (Å²) in [6, 6.07) is 3.05. The van der Waals surface area contributed by atoms with Gasteiger partial charge >= 0.3 is 0 Å². The molecule has 21 heavy (non-hydrogen) atoms. The molecule has 3 N–H and O–H groups in total. The monoisotopic (exact) mass is 299 g/mol. The van der Waals surface area contributed by atoms with Crippen LogP contribution in [0, 0.1) is 17.6 Å². The van der Waals surface area contributed by atoms with Crippen molar-refractivity contribution in [2.75, 3.05) is 13.2 Å². The Bertz CT molecular complexity index is 483. The largest absolute Gasteiger partial charge is 0.394 e. The molecule has 1 fully saturated rings. The topological polar surface area (TPSA) is 52.5 Å². The van der Waals surface area contributed by atoms with Gasteiger partial charge in [-0.05, 0) is 37.0 Å². The van der Waals surface area contributed by atoms with Crippen molar-refractivity contribution in [1.82, 2.24) is 5.32 Å². The molecule has 0 amide bonds. The van der Waals surface area contributed by atoms with Gasteiger partial charge in [-0.25, -0.2) is 8.78 Å². The van der Waals surface area contributed by atoms with Crippen LogP contribution in [0.5, 0.6) is 0 Å². The Hall–Kier alpha value is -1.04. The SMILES string of the molecule is CC1CCCC(CO)(NCC(O)c2cc(F)ccc2F)C1. The summed E-state index contributed by atoms with van der Waals surface area (Å²) in [5.74, 6) is -0.698. The van der Waals surface area contributed by atoms with Gasteiger partial charge in [-0.15, -0.1) is 0 Å². The van der Waals surface area contributed by atoms with Crippen LogP contribution < -0.4 is 5.32 Å². The zero-order valence-electron chi connectivity index (χ0n) is 12.3. The minimum absolute atomic E-state index is 0.0182. The van der Waals surface area contributed by atoms with Crippen molar-refractivity contribution >= 4 is 0 Å². The molecule has 3 nitrogen and oxygen atoms in total. The quantitative estimate of drug-likeness (QED) is 0.783. The maximum absolute atomic E-state index is 13.6. The average Bonchev–Trinajstić information content (AvgIpc) is 2.47. The minimum atomic E-state index is -1.14. The molecule has 1 aliphatic carbocycles. The molecule has 1 saturated carbocycles. The van der Waals surface area contributed by atoms with Gasteiger partial charge in [-0.1, -0.05) is 19.8 Å². The van der Waals surface area contributed by atoms with Gasteiger partial charge in [0.1, 0.15) is 11.6 Å². The van der Waals surface area contributed by atoms with E-state index in [1.165, 1.54) is 0 Å². The van der Waals surface area contributed by atoms with E-state index in [1.54, 1.807) is 0 Å². The highest BCUT2D eigenvalue weighted by Gasteiger charge is 2.34. The van der Waals surface area contributed by atoms with Crippen molar-refractivity contribution in [3.05, 3.63) is 35.4 Å². The molecule has 1 aliphatic rings. The van der Waals surface area contributed by atoms with E-state index >= 15 is 0 Å². The highest BCUT2D eigenvalue weighted by molar-refractivity contribution is 5.21. The zero-order chi connectivity index (χ0) is 15.5. The molecule has 5 heteroatoms. The van der Waals surface area contributed by atoms with E-state index in [2.05, 4.69) is 12.2 Å². The zero-order valence-corrected chi connectivity index (χ0v) is 12.3. The number of hydrogen-bond acceptors (Lipinski definition) is 3. The number of nitrogens with one attached hydrogen (secondary N) is 1. The summed E-state index contributed by atoms with van der Waals surface area (Å²) in [4.78, 5) is 0. The van der Waals surface area contributed by atoms with E-state index in [-0.39, 0.29) is 18.7 Å². The Kier molecular flexibility index (Phi) is 5.30. The van der Waals surface area contributed by atoms with E-state index in [0.717, 1.165) is 43.9 Å². The van der Waals surface area contributed by atoms with Crippen molar-refractivity contribution in [1.29, 1.82) is 0 Å². The number of halogens is 2. The summed E-state index contributed by atoms with van der Waals surface area (Å²) in [6.07, 6.45) is 2.65. The molecule has 3 atom stereocenters. The summed E-state index contributed by atoms with van der Waals surface area (Å²) in [5, 5.41) is 22.9. The van der Waals surface area contributed by atoms with Gasteiger partial charge in [0.15, 0.2) is 0 Å². The third-order valence-electron chi connectivity index (χ3n) is 4.38. The van der Waals surface area contributed by atoms with Crippen LogP contribution in [-0.4, -0.2) is 28.9 Å². The molecule has 0 aromatic heterocycles. The number of aliphatic hydroxyl groups excluding tert-OH is 2. The normalized spacial score (nSPS) is 27.6. The van der Waals surface area contributed by atoms with Gasteiger partial charge in [0, 0.05) is 17.6 Å². The van der Waals surface area contributed by atoms with Gasteiger partial charge in [0.2, 0.25) is 0 Å². The molecule has 1 aromatic carbocycles. The molecule has 0 radical (unpaired) electrons. The Labute approximate surface area is 124 Å². The Morgan fingerprint density at radius 2 is 2.19 bits per heavy atom. The number of benzene rings is 1. The molecule has 0 aliphatic heterocycles. The fourth-order valence-corrected chi connectivity index (χ4v) is 3.21. The van der Waals surface area contributed by atoms with E-state index in [1.807, 2.05) is 0 Å². The van der Waals surface area contributed by atoms with Gasteiger partial charge in [-0.3, -0.25) is 0 Å². The molecule has 0 bridgehead atoms.